The summed E-state index contributed by atoms with van der Waals surface area (Å²) < 4.78 is 86.1. The summed E-state index contributed by atoms with van der Waals surface area (Å²) in [6, 6.07) is 5.76. The molecule has 3 rings (SSSR count). The van der Waals surface area contributed by atoms with Crippen LogP contribution < -0.4 is 16.0 Å². The van der Waals surface area contributed by atoms with E-state index in [2.05, 4.69) is 17.2 Å². The number of carbonyl (C=O) groups excluding carboxylic acids is 3. The number of ether oxygens (including phenoxy) is 1. The van der Waals surface area contributed by atoms with Crippen LogP contribution in [0.5, 0.6) is 0 Å². The molecule has 46 heavy (non-hydrogen) atoms. The van der Waals surface area contributed by atoms with Crippen molar-refractivity contribution in [3.63, 3.8) is 0 Å². The smallest absolute Gasteiger partial charge is 0.369 e. The summed E-state index contributed by atoms with van der Waals surface area (Å²) in [5, 5.41) is 6.52. The molecule has 3 atom stereocenters. The maximum absolute atomic E-state index is 15.3. The molecular formula is C30H26Cl3F6N3O4. The summed E-state index contributed by atoms with van der Waals surface area (Å²) >= 11 is 18.6. The molecule has 1 aliphatic carbocycles. The Morgan fingerprint density at radius 2 is 1.76 bits per heavy atom. The summed E-state index contributed by atoms with van der Waals surface area (Å²) in [7, 11) is 0. The molecule has 3 amide bonds. The molecule has 0 bridgehead atoms. The monoisotopic (exact) mass is 711 g/mol. The maximum Gasteiger partial charge on any atom is 0.419 e. The van der Waals surface area contributed by atoms with Gasteiger partial charge in [0.25, 0.3) is 11.8 Å². The highest BCUT2D eigenvalue weighted by Gasteiger charge is 2.67. The maximum atomic E-state index is 15.3. The lowest BCUT2D eigenvalue weighted by atomic mass is 10.0. The van der Waals surface area contributed by atoms with Crippen LogP contribution in [0.15, 0.2) is 72.1 Å². The molecule has 3 N–H and O–H groups in total. The second-order valence-corrected chi connectivity index (χ2v) is 11.7. The largest absolute Gasteiger partial charge is 0.419 e. The van der Waals surface area contributed by atoms with Crippen molar-refractivity contribution >= 4 is 58.2 Å². The number of allylic oxidation sites excluding steroid dienone is 3. The van der Waals surface area contributed by atoms with Crippen molar-refractivity contribution < 1.29 is 45.5 Å². The van der Waals surface area contributed by atoms with Crippen LogP contribution in [0.4, 0.5) is 32.0 Å². The Kier molecular flexibility index (Phi) is 11.6. The van der Waals surface area contributed by atoms with Gasteiger partial charge in [0.05, 0.1) is 27.8 Å². The van der Waals surface area contributed by atoms with Crippen LogP contribution in [-0.4, -0.2) is 34.8 Å². The van der Waals surface area contributed by atoms with Gasteiger partial charge in [-0.15, -0.1) is 23.2 Å². The Bertz CT molecular complexity index is 1630. The highest BCUT2D eigenvalue weighted by molar-refractivity contribution is 6.53. The number of anilines is 1. The number of halogens is 9. The van der Waals surface area contributed by atoms with Crippen molar-refractivity contribution in [2.75, 3.05) is 11.9 Å². The Balaban J connectivity index is 1.81. The van der Waals surface area contributed by atoms with Gasteiger partial charge in [0.15, 0.2) is 5.83 Å². The van der Waals surface area contributed by atoms with E-state index in [1.807, 2.05) is 5.32 Å². The molecule has 248 valence electrons. The van der Waals surface area contributed by atoms with E-state index < -0.39 is 80.6 Å². The molecule has 0 aliphatic heterocycles. The number of rotatable bonds is 11. The Labute approximate surface area is 274 Å². The minimum atomic E-state index is -5.00. The second kappa shape index (κ2) is 14.5. The topological polar surface area (TPSA) is 96.5 Å². The highest BCUT2D eigenvalue weighted by Crippen LogP contribution is 2.65. The number of carbonyl (C=O) groups is 3. The normalized spacial score (nSPS) is 18.7. The summed E-state index contributed by atoms with van der Waals surface area (Å²) in [5.74, 6) is -9.37. The Morgan fingerprint density at radius 3 is 2.33 bits per heavy atom. The van der Waals surface area contributed by atoms with Crippen molar-refractivity contribution in [3.05, 3.63) is 99.6 Å². The highest BCUT2D eigenvalue weighted by atomic mass is 35.5. The van der Waals surface area contributed by atoms with E-state index in [0.717, 1.165) is 18.2 Å². The van der Waals surface area contributed by atoms with Crippen LogP contribution in [-0.2, 0) is 20.5 Å². The van der Waals surface area contributed by atoms with E-state index in [9.17, 15) is 36.3 Å². The Morgan fingerprint density at radius 1 is 1.11 bits per heavy atom. The number of nitrogens with one attached hydrogen (secondary N) is 3. The molecule has 0 radical (unpaired) electrons. The summed E-state index contributed by atoms with van der Waals surface area (Å²) in [6.45, 7) is 7.45. The molecular weight excluding hydrogens is 687 g/mol. The zero-order valence-electron chi connectivity index (χ0n) is 24.2. The van der Waals surface area contributed by atoms with E-state index in [-0.39, 0.29) is 28.4 Å². The quantitative estimate of drug-likeness (QED) is 0.126. The minimum absolute atomic E-state index is 0.0301. The van der Waals surface area contributed by atoms with Crippen molar-refractivity contribution in [1.82, 2.24) is 10.6 Å². The first kappa shape index (κ1) is 36.9. The van der Waals surface area contributed by atoms with Crippen LogP contribution in [0.2, 0.25) is 5.02 Å². The van der Waals surface area contributed by atoms with Crippen LogP contribution in [0.1, 0.15) is 48.2 Å². The predicted molar refractivity (Wildman–Crippen MR) is 161 cm³/mol. The molecule has 2 aromatic rings. The zero-order valence-corrected chi connectivity index (χ0v) is 26.5. The van der Waals surface area contributed by atoms with Gasteiger partial charge in [-0.1, -0.05) is 30.3 Å². The molecule has 0 saturated heterocycles. The van der Waals surface area contributed by atoms with Gasteiger partial charge >= 0.3 is 6.18 Å². The van der Waals surface area contributed by atoms with Crippen molar-refractivity contribution in [2.24, 2.45) is 5.92 Å². The van der Waals surface area contributed by atoms with E-state index in [1.165, 1.54) is 26.0 Å². The zero-order chi connectivity index (χ0) is 34.7. The van der Waals surface area contributed by atoms with Crippen molar-refractivity contribution in [2.45, 2.75) is 43.3 Å². The molecule has 1 saturated carbocycles. The molecule has 7 nitrogen and oxygen atoms in total. The SMILES string of the molecule is C=C(F)/C(NC(=O)[C@@H](C)OCC)=C(F)\C(=C/C)NC(=O)c1cc(NC(=O)[C@H]2[C@H](c3ccc(F)c(C(F)(F)F)c3)C2(Cl)Cl)ccc1Cl. The minimum Gasteiger partial charge on any atom is -0.369 e. The van der Waals surface area contributed by atoms with E-state index in [1.54, 1.807) is 6.92 Å². The first-order valence-corrected chi connectivity index (χ1v) is 14.5. The number of amides is 3. The van der Waals surface area contributed by atoms with Gasteiger partial charge < -0.3 is 20.7 Å². The van der Waals surface area contributed by atoms with Gasteiger partial charge in [-0.2, -0.15) is 13.2 Å². The first-order chi connectivity index (χ1) is 21.3. The average molecular weight is 713 g/mol. The van der Waals surface area contributed by atoms with E-state index in [0.29, 0.717) is 12.1 Å². The molecule has 0 heterocycles. The van der Waals surface area contributed by atoms with Gasteiger partial charge in [0.1, 0.15) is 27.8 Å². The molecule has 0 spiro atoms. The molecule has 16 heteroatoms. The average Bonchev–Trinajstić information content (AvgIpc) is 3.56. The van der Waals surface area contributed by atoms with Crippen molar-refractivity contribution in [3.8, 4) is 0 Å². The summed E-state index contributed by atoms with van der Waals surface area (Å²) in [4.78, 5) is 38.4. The molecule has 1 fully saturated rings. The lowest BCUT2D eigenvalue weighted by molar-refractivity contribution is -0.140. The Hall–Kier alpha value is -3.52. The van der Waals surface area contributed by atoms with Gasteiger partial charge in [0.2, 0.25) is 5.91 Å². The third-order valence-corrected chi connectivity index (χ3v) is 8.04. The van der Waals surface area contributed by atoms with Crippen molar-refractivity contribution in [1.29, 1.82) is 0 Å². The van der Waals surface area contributed by atoms with Gasteiger partial charge in [-0.25, -0.2) is 13.2 Å². The van der Waals surface area contributed by atoms with Gasteiger partial charge in [0, 0.05) is 18.2 Å². The molecule has 1 aliphatic rings. The van der Waals surface area contributed by atoms with E-state index >= 15 is 4.39 Å². The summed E-state index contributed by atoms with van der Waals surface area (Å²) in [5.41, 5.74) is -3.51. The van der Waals surface area contributed by atoms with Crippen LogP contribution in [0, 0.1) is 11.7 Å². The number of hydrogen-bond donors (Lipinski definition) is 3. The van der Waals surface area contributed by atoms with E-state index in [4.69, 9.17) is 39.5 Å². The molecule has 2 aromatic carbocycles. The number of hydrogen-bond acceptors (Lipinski definition) is 4. The fourth-order valence-electron chi connectivity index (χ4n) is 4.39. The van der Waals surface area contributed by atoms with Gasteiger partial charge in [-0.3, -0.25) is 14.4 Å². The number of benzene rings is 2. The van der Waals surface area contributed by atoms with Crippen LogP contribution in [0.3, 0.4) is 0 Å². The molecule has 0 aromatic heterocycles. The first-order valence-electron chi connectivity index (χ1n) is 13.3. The van der Waals surface area contributed by atoms with Gasteiger partial charge in [-0.05, 0) is 56.7 Å². The summed E-state index contributed by atoms with van der Waals surface area (Å²) in [6.07, 6.45) is -4.99. The predicted octanol–water partition coefficient (Wildman–Crippen LogP) is 7.86. The lowest BCUT2D eigenvalue weighted by Crippen LogP contribution is -2.35. The second-order valence-electron chi connectivity index (χ2n) is 9.89. The van der Waals surface area contributed by atoms with Crippen LogP contribution >= 0.6 is 34.8 Å². The third kappa shape index (κ3) is 8.24. The fraction of sp³-hybridized carbons (Fsp3) is 0.300. The fourth-order valence-corrected chi connectivity index (χ4v) is 5.42. The lowest BCUT2D eigenvalue weighted by Gasteiger charge is -2.16. The standard InChI is InChI=1S/C30H26Cl3F6N3O4/c1-5-21(24(36)25(13(3)34)42-26(43)14(4)46-6-2)41-27(44)17-12-16(8-9-19(17)31)40-28(45)23-22(29(23,32)33)15-7-10-20(35)18(11-15)30(37,38)39/h5,7-12,14,22-23H,3,6H2,1-2,4H3,(H,40,45)(H,41,44)(H,42,43)/b21-5+,25-24-/t14-,22+,23-/m1/s1. The third-order valence-electron chi connectivity index (χ3n) is 6.77. The van der Waals surface area contributed by atoms with Crippen LogP contribution in [0.25, 0.3) is 0 Å². The molecule has 0 unspecified atom stereocenters. The number of alkyl halides is 5.